The van der Waals surface area contributed by atoms with Crippen molar-refractivity contribution < 1.29 is 14.3 Å². The Balaban J connectivity index is 1.71. The third-order valence-electron chi connectivity index (χ3n) is 4.39. The molecule has 0 fully saturated rings. The normalized spacial score (nSPS) is 10.7. The first-order valence-electron chi connectivity index (χ1n) is 9.68. The molecule has 3 aromatic carbocycles. The first kappa shape index (κ1) is 23.9. The lowest BCUT2D eigenvalue weighted by molar-refractivity contribution is 0.132. The van der Waals surface area contributed by atoms with Gasteiger partial charge in [0.2, 0.25) is 0 Å². The van der Waals surface area contributed by atoms with E-state index in [2.05, 4.69) is 27.2 Å². The summed E-state index contributed by atoms with van der Waals surface area (Å²) in [6, 6.07) is 18.2. The van der Waals surface area contributed by atoms with Gasteiger partial charge in [0.15, 0.2) is 11.5 Å². The maximum atomic E-state index is 9.15. The fourth-order valence-corrected chi connectivity index (χ4v) is 3.67. The first-order chi connectivity index (χ1) is 15.5. The van der Waals surface area contributed by atoms with E-state index in [0.717, 1.165) is 21.2 Å². The summed E-state index contributed by atoms with van der Waals surface area (Å²) >= 11 is 15.7. The Kier molecular flexibility index (Phi) is 8.81. The van der Waals surface area contributed by atoms with Crippen LogP contribution in [0, 0.1) is 11.3 Å². The van der Waals surface area contributed by atoms with Gasteiger partial charge in [-0.2, -0.15) is 5.26 Å². The highest BCUT2D eigenvalue weighted by Crippen LogP contribution is 2.34. The zero-order valence-electron chi connectivity index (χ0n) is 17.1. The Labute approximate surface area is 205 Å². The molecule has 0 atom stereocenters. The van der Waals surface area contributed by atoms with Gasteiger partial charge in [0.1, 0.15) is 13.2 Å². The average Bonchev–Trinajstić information content (AvgIpc) is 2.78. The lowest BCUT2D eigenvalue weighted by Crippen LogP contribution is -2.01. The van der Waals surface area contributed by atoms with E-state index in [1.165, 1.54) is 0 Å². The first-order valence-corrected chi connectivity index (χ1v) is 11.2. The fourth-order valence-electron chi connectivity index (χ4n) is 2.78. The van der Waals surface area contributed by atoms with E-state index in [1.54, 1.807) is 30.5 Å². The van der Waals surface area contributed by atoms with Gasteiger partial charge in [-0.1, -0.05) is 52.6 Å². The van der Waals surface area contributed by atoms with Gasteiger partial charge in [-0.05, 0) is 53.2 Å². The molecule has 8 heteroatoms. The van der Waals surface area contributed by atoms with Crippen LogP contribution in [0.15, 0.2) is 64.2 Å². The third-order valence-corrected chi connectivity index (χ3v) is 5.66. The van der Waals surface area contributed by atoms with Crippen molar-refractivity contribution in [2.24, 2.45) is 5.16 Å². The second kappa shape index (κ2) is 11.8. The van der Waals surface area contributed by atoms with Crippen LogP contribution in [0.4, 0.5) is 0 Å². The number of ether oxygens (including phenoxy) is 2. The standard InChI is InChI=1S/C24H19BrCl2N2O3/c1-2-30-23-9-19(13-29-32-15-17-6-4-3-5-16(17)12-28)21(25)11-24(23)31-14-18-7-8-20(26)10-22(18)27/h3-11,13H,2,14-15H2,1H3/b29-13-. The largest absolute Gasteiger partial charge is 0.490 e. The highest BCUT2D eigenvalue weighted by molar-refractivity contribution is 9.10. The van der Waals surface area contributed by atoms with Gasteiger partial charge in [-0.15, -0.1) is 0 Å². The second-order valence-corrected chi connectivity index (χ2v) is 8.25. The summed E-state index contributed by atoms with van der Waals surface area (Å²) in [7, 11) is 0. The number of halogens is 3. The molecule has 3 rings (SSSR count). The molecule has 0 bridgehead atoms. The van der Waals surface area contributed by atoms with Crippen molar-refractivity contribution in [3.8, 4) is 17.6 Å². The molecule has 32 heavy (non-hydrogen) atoms. The Morgan fingerprint density at radius 1 is 1.00 bits per heavy atom. The topological polar surface area (TPSA) is 63.8 Å². The van der Waals surface area contributed by atoms with Crippen molar-refractivity contribution >= 4 is 45.3 Å². The van der Waals surface area contributed by atoms with Crippen LogP contribution in [0.1, 0.15) is 29.2 Å². The average molecular weight is 534 g/mol. The van der Waals surface area contributed by atoms with Crippen molar-refractivity contribution in [1.82, 2.24) is 0 Å². The molecular weight excluding hydrogens is 515 g/mol. The molecule has 0 saturated carbocycles. The number of hydrogen-bond acceptors (Lipinski definition) is 5. The van der Waals surface area contributed by atoms with Gasteiger partial charge in [0.25, 0.3) is 0 Å². The quantitative estimate of drug-likeness (QED) is 0.216. The van der Waals surface area contributed by atoms with E-state index >= 15 is 0 Å². The summed E-state index contributed by atoms with van der Waals surface area (Å²) in [5.74, 6) is 1.13. The smallest absolute Gasteiger partial charge is 0.162 e. The molecule has 0 amide bonds. The summed E-state index contributed by atoms with van der Waals surface area (Å²) in [5.41, 5.74) is 2.89. The minimum atomic E-state index is 0.194. The third kappa shape index (κ3) is 6.39. The Morgan fingerprint density at radius 3 is 2.53 bits per heavy atom. The molecule has 0 spiro atoms. The molecule has 0 aliphatic heterocycles. The van der Waals surface area contributed by atoms with E-state index in [4.69, 9.17) is 42.8 Å². The molecule has 0 unspecified atom stereocenters. The van der Waals surface area contributed by atoms with E-state index in [-0.39, 0.29) is 13.2 Å². The van der Waals surface area contributed by atoms with E-state index < -0.39 is 0 Å². The predicted octanol–water partition coefficient (Wildman–Crippen LogP) is 7.16. The summed E-state index contributed by atoms with van der Waals surface area (Å²) in [5, 5.41) is 14.3. The Bertz CT molecular complexity index is 1160. The van der Waals surface area contributed by atoms with E-state index in [9.17, 15) is 0 Å². The van der Waals surface area contributed by atoms with Crippen LogP contribution in [-0.2, 0) is 18.1 Å². The maximum Gasteiger partial charge on any atom is 0.162 e. The van der Waals surface area contributed by atoms with Gasteiger partial charge in [-0.25, -0.2) is 0 Å². The monoisotopic (exact) mass is 532 g/mol. The maximum absolute atomic E-state index is 9.15. The molecule has 0 N–H and O–H groups in total. The lowest BCUT2D eigenvalue weighted by atomic mass is 10.1. The van der Waals surface area contributed by atoms with Gasteiger partial charge < -0.3 is 14.3 Å². The Hall–Kier alpha value is -2.72. The molecule has 0 aromatic heterocycles. The number of oxime groups is 1. The zero-order chi connectivity index (χ0) is 22.9. The van der Waals surface area contributed by atoms with E-state index in [0.29, 0.717) is 33.7 Å². The molecule has 0 aliphatic rings. The summed E-state index contributed by atoms with van der Waals surface area (Å²) in [4.78, 5) is 5.38. The summed E-state index contributed by atoms with van der Waals surface area (Å²) < 4.78 is 12.4. The molecule has 164 valence electrons. The minimum absolute atomic E-state index is 0.194. The molecule has 0 aliphatic carbocycles. The van der Waals surface area contributed by atoms with Crippen LogP contribution < -0.4 is 9.47 Å². The molecule has 0 heterocycles. The zero-order valence-corrected chi connectivity index (χ0v) is 20.2. The van der Waals surface area contributed by atoms with Crippen LogP contribution in [0.5, 0.6) is 11.5 Å². The van der Waals surface area contributed by atoms with Gasteiger partial charge in [0, 0.05) is 31.2 Å². The molecule has 0 saturated heterocycles. The highest BCUT2D eigenvalue weighted by atomic mass is 79.9. The number of nitriles is 1. The molecular formula is C24H19BrCl2N2O3. The van der Waals surface area contributed by atoms with Crippen LogP contribution >= 0.6 is 39.1 Å². The van der Waals surface area contributed by atoms with Crippen molar-refractivity contribution in [2.75, 3.05) is 6.61 Å². The van der Waals surface area contributed by atoms with Crippen molar-refractivity contribution in [3.05, 3.63) is 91.4 Å². The highest BCUT2D eigenvalue weighted by Gasteiger charge is 2.12. The number of benzene rings is 3. The summed E-state index contributed by atoms with van der Waals surface area (Å²) in [6.07, 6.45) is 1.57. The molecule has 5 nitrogen and oxygen atoms in total. The van der Waals surface area contributed by atoms with Crippen molar-refractivity contribution in [2.45, 2.75) is 20.1 Å². The van der Waals surface area contributed by atoms with Crippen molar-refractivity contribution in [3.63, 3.8) is 0 Å². The van der Waals surface area contributed by atoms with E-state index in [1.807, 2.05) is 37.3 Å². The van der Waals surface area contributed by atoms with Gasteiger partial charge in [0.05, 0.1) is 24.5 Å². The van der Waals surface area contributed by atoms with Gasteiger partial charge in [-0.3, -0.25) is 0 Å². The van der Waals surface area contributed by atoms with Crippen molar-refractivity contribution in [1.29, 1.82) is 5.26 Å². The van der Waals surface area contributed by atoms with Gasteiger partial charge >= 0.3 is 0 Å². The second-order valence-electron chi connectivity index (χ2n) is 6.55. The molecule has 3 aromatic rings. The van der Waals surface area contributed by atoms with Crippen LogP contribution in [0.2, 0.25) is 10.0 Å². The number of hydrogen-bond donors (Lipinski definition) is 0. The Morgan fingerprint density at radius 2 is 1.78 bits per heavy atom. The lowest BCUT2D eigenvalue weighted by Gasteiger charge is -2.14. The van der Waals surface area contributed by atoms with Crippen LogP contribution in [0.25, 0.3) is 0 Å². The minimum Gasteiger partial charge on any atom is -0.490 e. The predicted molar refractivity (Wildman–Crippen MR) is 130 cm³/mol. The summed E-state index contributed by atoms with van der Waals surface area (Å²) in [6.45, 7) is 2.82. The van der Waals surface area contributed by atoms with Crippen LogP contribution in [-0.4, -0.2) is 12.8 Å². The molecule has 0 radical (unpaired) electrons. The fraction of sp³-hybridized carbons (Fsp3) is 0.167. The van der Waals surface area contributed by atoms with Crippen LogP contribution in [0.3, 0.4) is 0 Å². The number of nitrogens with zero attached hydrogens (tertiary/aromatic N) is 2. The SMILES string of the molecule is CCOc1cc(/C=N\OCc2ccccc2C#N)c(Br)cc1OCc1ccc(Cl)cc1Cl. The number of rotatable bonds is 9.